The van der Waals surface area contributed by atoms with Gasteiger partial charge in [-0.2, -0.15) is 9.50 Å². The van der Waals surface area contributed by atoms with E-state index in [1.807, 2.05) is 0 Å². The number of aliphatic carboxylic acids is 1. The quantitative estimate of drug-likeness (QED) is 0.0750. The summed E-state index contributed by atoms with van der Waals surface area (Å²) < 4.78 is 5.86. The van der Waals surface area contributed by atoms with Crippen molar-refractivity contribution in [2.45, 2.75) is 23.5 Å². The summed E-state index contributed by atoms with van der Waals surface area (Å²) in [6, 6.07) is -1.01. The molecule has 0 spiro atoms. The molecule has 0 saturated carbocycles. The second-order valence-electron chi connectivity index (χ2n) is 8.42. The van der Waals surface area contributed by atoms with Gasteiger partial charge in [-0.05, 0) is 12.5 Å². The van der Waals surface area contributed by atoms with Crippen molar-refractivity contribution in [2.24, 2.45) is 5.16 Å². The molecule has 2 aliphatic heterocycles. The number of carbonyl (C=O) groups is 4. The molecule has 3 aromatic rings. The minimum Gasteiger partial charge on any atom is -0.493 e. The van der Waals surface area contributed by atoms with Crippen LogP contribution in [0.4, 0.5) is 5.13 Å². The number of rotatable bonds is 10. The molecule has 42 heavy (non-hydrogen) atoms. The fourth-order valence-electron chi connectivity index (χ4n) is 4.07. The fourth-order valence-corrected chi connectivity index (χ4v) is 6.92. The number of nitrogens with two attached hydrogens (primary N) is 1. The largest absolute Gasteiger partial charge is 0.493 e. The Labute approximate surface area is 248 Å². The second-order valence-corrected chi connectivity index (χ2v) is 11.4. The van der Waals surface area contributed by atoms with Crippen LogP contribution in [0.2, 0.25) is 0 Å². The maximum absolute atomic E-state index is 13.1. The first-order valence-electron chi connectivity index (χ1n) is 11.9. The highest BCUT2D eigenvalue weighted by molar-refractivity contribution is 8.01. The van der Waals surface area contributed by atoms with E-state index >= 15 is 0 Å². The van der Waals surface area contributed by atoms with E-state index in [0.29, 0.717) is 5.57 Å². The zero-order valence-electron chi connectivity index (χ0n) is 21.7. The number of carboxylic acids is 1. The lowest BCUT2D eigenvalue weighted by Gasteiger charge is -2.49. The van der Waals surface area contributed by atoms with Gasteiger partial charge in [0.2, 0.25) is 11.0 Å². The van der Waals surface area contributed by atoms with Crippen molar-refractivity contribution in [3.05, 3.63) is 34.1 Å². The van der Waals surface area contributed by atoms with E-state index in [1.165, 1.54) is 24.3 Å². The summed E-state index contributed by atoms with van der Waals surface area (Å²) in [6.45, 7) is 1.72. The number of esters is 1. The van der Waals surface area contributed by atoms with Gasteiger partial charge in [-0.3, -0.25) is 14.5 Å². The monoisotopic (exact) mass is 635 g/mol. The predicted molar refractivity (Wildman–Crippen MR) is 149 cm³/mol. The van der Waals surface area contributed by atoms with Crippen molar-refractivity contribution in [3.8, 4) is 5.88 Å². The van der Waals surface area contributed by atoms with Crippen LogP contribution in [0.1, 0.15) is 23.0 Å². The Hall–Kier alpha value is -4.43. The highest BCUT2D eigenvalue weighted by atomic mass is 32.2. The third-order valence-electron chi connectivity index (χ3n) is 5.89. The number of anilines is 1. The second kappa shape index (κ2) is 11.8. The predicted octanol–water partition coefficient (Wildman–Crippen LogP) is -0.0733. The van der Waals surface area contributed by atoms with Crippen molar-refractivity contribution >= 4 is 75.2 Å². The molecular weight excluding hydrogens is 614 g/mol. The Kier molecular flexibility index (Phi) is 8.18. The lowest BCUT2D eigenvalue weighted by atomic mass is 10.0. The smallest absolute Gasteiger partial charge is 0.352 e. The van der Waals surface area contributed by atoms with E-state index in [4.69, 9.17) is 15.3 Å². The molecule has 20 heteroatoms. The lowest BCUT2D eigenvalue weighted by molar-refractivity contribution is -0.150. The molecule has 5 N–H and O–H groups in total. The molecule has 17 nitrogen and oxygen atoms in total. The van der Waals surface area contributed by atoms with Gasteiger partial charge in [0.05, 0.1) is 12.8 Å². The van der Waals surface area contributed by atoms with Crippen molar-refractivity contribution in [1.29, 1.82) is 0 Å². The first-order chi connectivity index (χ1) is 20.1. The van der Waals surface area contributed by atoms with Crippen LogP contribution >= 0.6 is 34.9 Å². The van der Waals surface area contributed by atoms with Gasteiger partial charge < -0.3 is 30.8 Å². The number of fused-ring (bicyclic) bond motifs is 2. The highest BCUT2D eigenvalue weighted by Crippen LogP contribution is 2.41. The molecule has 5 rings (SSSR count). The average molecular weight is 636 g/mol. The molecule has 0 radical (unpaired) electrons. The molecule has 2 atom stereocenters. The van der Waals surface area contributed by atoms with Gasteiger partial charge in [-0.25, -0.2) is 19.6 Å². The Morgan fingerprint density at radius 1 is 1.33 bits per heavy atom. The Morgan fingerprint density at radius 3 is 2.79 bits per heavy atom. The van der Waals surface area contributed by atoms with Crippen LogP contribution in [-0.2, 0) is 24.0 Å². The Morgan fingerprint density at radius 2 is 2.12 bits per heavy atom. The van der Waals surface area contributed by atoms with Crippen LogP contribution in [0.3, 0.4) is 0 Å². The Balaban J connectivity index is 1.31. The van der Waals surface area contributed by atoms with Gasteiger partial charge in [-0.1, -0.05) is 16.9 Å². The number of aromatic hydroxyl groups is 1. The maximum atomic E-state index is 13.1. The summed E-state index contributed by atoms with van der Waals surface area (Å²) in [4.78, 5) is 68.3. The molecule has 0 aromatic carbocycles. The number of nitrogens with one attached hydrogen (secondary N) is 1. The van der Waals surface area contributed by atoms with Crippen LogP contribution in [-0.4, -0.2) is 106 Å². The van der Waals surface area contributed by atoms with Gasteiger partial charge in [0, 0.05) is 16.9 Å². The third-order valence-corrected chi connectivity index (χ3v) is 8.83. The summed E-state index contributed by atoms with van der Waals surface area (Å²) in [6.07, 6.45) is 1.12. The van der Waals surface area contributed by atoms with E-state index in [9.17, 15) is 29.4 Å². The highest BCUT2D eigenvalue weighted by Gasteiger charge is 2.54. The van der Waals surface area contributed by atoms with Crippen molar-refractivity contribution < 1.29 is 39.0 Å². The summed E-state index contributed by atoms with van der Waals surface area (Å²) in [7, 11) is 1.25. The van der Waals surface area contributed by atoms with Crippen LogP contribution < -0.4 is 11.1 Å². The lowest BCUT2D eigenvalue weighted by Crippen LogP contribution is -2.71. The van der Waals surface area contributed by atoms with Gasteiger partial charge in [0.15, 0.2) is 10.8 Å². The average Bonchev–Trinajstić information content (AvgIpc) is 3.59. The van der Waals surface area contributed by atoms with Gasteiger partial charge >= 0.3 is 11.9 Å². The first-order valence-corrected chi connectivity index (χ1v) is 14.8. The summed E-state index contributed by atoms with van der Waals surface area (Å²) >= 11 is 3.43. The number of carboxylic acid groups (broad SMARTS) is 1. The summed E-state index contributed by atoms with van der Waals surface area (Å²) in [5, 5.41) is 32.0. The SMILES string of the molecule is CCOC(=O)c1cnc2nc(SCC3=C(C(=O)O)N4C(=O)[C@@H](NC(=O)/C(=N\OC)c5csc(N)n5)[C@H]4SC3)nn2c1O. The molecule has 1 fully saturated rings. The first kappa shape index (κ1) is 29.1. The van der Waals surface area contributed by atoms with Crippen molar-refractivity contribution in [1.82, 2.24) is 34.8 Å². The number of ether oxygens (including phenoxy) is 1. The van der Waals surface area contributed by atoms with Gasteiger partial charge in [0.1, 0.15) is 35.5 Å². The fraction of sp³-hybridized carbons (Fsp3) is 0.318. The number of hydrogen-bond acceptors (Lipinski definition) is 16. The number of thioether (sulfide) groups is 2. The standard InChI is InChI=1S/C22H21N9O8S3/c1-3-39-19(37)9-4-24-21-27-22(28-31(21)15(9)33)42-6-8-5-40-17-12(16(34)30(17)13(8)18(35)36)26-14(32)11(29-38-2)10-7-41-20(23)25-10/h4,7,12,17,33H,3,5-6H2,1-2H3,(H2,23,25)(H,26,32)(H,35,36)/b29-11-/t12-,17-/m1/s1. The topological polar surface area (TPSA) is 237 Å². The molecule has 0 aliphatic carbocycles. The number of aromatic nitrogens is 5. The molecule has 3 aromatic heterocycles. The van der Waals surface area contributed by atoms with Crippen LogP contribution in [0.15, 0.2) is 33.2 Å². The minimum atomic E-state index is -1.31. The van der Waals surface area contributed by atoms with E-state index in [1.54, 1.807) is 6.92 Å². The number of nitrogen functional groups attached to an aromatic ring is 1. The summed E-state index contributed by atoms with van der Waals surface area (Å²) in [5.41, 5.74) is 5.67. The number of oxime groups is 1. The van der Waals surface area contributed by atoms with Gasteiger partial charge in [0.25, 0.3) is 17.6 Å². The minimum absolute atomic E-state index is 0.0155. The Bertz CT molecular complexity index is 1670. The third kappa shape index (κ3) is 5.30. The zero-order valence-corrected chi connectivity index (χ0v) is 24.2. The molecule has 0 bridgehead atoms. The molecule has 2 aliphatic rings. The molecule has 2 amide bonds. The number of carbonyl (C=O) groups excluding carboxylic acids is 3. The van der Waals surface area contributed by atoms with Crippen LogP contribution in [0, 0.1) is 0 Å². The number of nitrogens with zero attached hydrogens (tertiary/aromatic N) is 7. The van der Waals surface area contributed by atoms with E-state index in [2.05, 4.69) is 30.5 Å². The molecule has 1 saturated heterocycles. The van der Waals surface area contributed by atoms with Crippen LogP contribution in [0.5, 0.6) is 5.88 Å². The number of hydrogen-bond donors (Lipinski definition) is 4. The van der Waals surface area contributed by atoms with E-state index < -0.39 is 41.0 Å². The molecule has 5 heterocycles. The van der Waals surface area contributed by atoms with Crippen molar-refractivity contribution in [3.63, 3.8) is 0 Å². The summed E-state index contributed by atoms with van der Waals surface area (Å²) in [5.74, 6) is -3.58. The van der Waals surface area contributed by atoms with E-state index in [0.717, 1.165) is 38.7 Å². The maximum Gasteiger partial charge on any atom is 0.352 e. The van der Waals surface area contributed by atoms with E-state index in [-0.39, 0.29) is 56.8 Å². The number of β-lactam (4-membered cyclic amide) rings is 1. The number of amides is 2. The van der Waals surface area contributed by atoms with Gasteiger partial charge in [-0.15, -0.1) is 28.2 Å². The number of thiazole rings is 1. The molecule has 0 unspecified atom stereocenters. The normalized spacial score (nSPS) is 18.5. The molecule has 220 valence electrons. The molecular formula is C22H21N9O8S3. The zero-order chi connectivity index (χ0) is 30.1. The van der Waals surface area contributed by atoms with Crippen molar-refractivity contribution in [2.75, 3.05) is 31.0 Å². The van der Waals surface area contributed by atoms with Crippen LogP contribution in [0.25, 0.3) is 5.78 Å².